The molecule has 8 nitrogen and oxygen atoms in total. The molecule has 0 radical (unpaired) electrons. The maximum absolute atomic E-state index is 13.3. The van der Waals surface area contributed by atoms with Gasteiger partial charge in [-0.1, -0.05) is 14.4 Å². The van der Waals surface area contributed by atoms with Crippen LogP contribution in [0.5, 0.6) is 0 Å². The largest absolute Gasteiger partial charge is 0.423 e. The van der Waals surface area contributed by atoms with Crippen molar-refractivity contribution in [2.24, 2.45) is 5.92 Å². The van der Waals surface area contributed by atoms with E-state index in [0.717, 1.165) is 30.0 Å². The Morgan fingerprint density at radius 3 is 2.07 bits per heavy atom. The number of amides is 1. The van der Waals surface area contributed by atoms with E-state index < -0.39 is 34.1 Å². The van der Waals surface area contributed by atoms with Gasteiger partial charge < -0.3 is 15.1 Å². The smallest absolute Gasteiger partial charge is 0.382 e. The third kappa shape index (κ3) is 8.05. The molecule has 0 saturated carbocycles. The summed E-state index contributed by atoms with van der Waals surface area (Å²) in [6, 6.07) is 7.75. The summed E-state index contributed by atoms with van der Waals surface area (Å²) in [7, 11) is 0. The zero-order chi connectivity index (χ0) is 29.9. The highest BCUT2D eigenvalue weighted by molar-refractivity contribution is 5.78. The molecule has 2 fully saturated rings. The lowest BCUT2D eigenvalue weighted by Crippen LogP contribution is -2.50. The van der Waals surface area contributed by atoms with Crippen LogP contribution in [-0.4, -0.2) is 72.5 Å². The molecule has 1 amide bonds. The summed E-state index contributed by atoms with van der Waals surface area (Å²) in [5.74, 6) is -0.288. The lowest BCUT2D eigenvalue weighted by atomic mass is 10.0. The molecule has 1 atom stereocenters. The fourth-order valence-electron chi connectivity index (χ4n) is 5.32. The van der Waals surface area contributed by atoms with Crippen LogP contribution in [0.3, 0.4) is 0 Å². The number of nitro benzene ring substituents is 1. The number of piperazine rings is 1. The number of anilines is 2. The number of piperidine rings is 1. The van der Waals surface area contributed by atoms with Gasteiger partial charge in [0, 0.05) is 75.2 Å². The number of halogens is 6. The number of carbonyl (C=O) groups excluding carboxylic acids is 1. The lowest BCUT2D eigenvalue weighted by molar-refractivity contribution is -0.388. The van der Waals surface area contributed by atoms with Crippen LogP contribution in [0.15, 0.2) is 42.5 Å². The number of alkyl halides is 6. The minimum Gasteiger partial charge on any atom is -0.382 e. The molecule has 2 heterocycles. The SMILES string of the molecule is C.C[C@H](CN1CCN(c2ccc(C(F)(F)F)cc2)CC1)C(=O)N1CCC(Nc2ccc([N+](=O)[O-])c(C(F)(F)F)c2)CC1. The van der Waals surface area contributed by atoms with Crippen LogP contribution in [0.25, 0.3) is 0 Å². The monoisotopic (exact) mass is 603 g/mol. The van der Waals surface area contributed by atoms with Gasteiger partial charge in [0.25, 0.3) is 5.69 Å². The molecule has 4 rings (SSSR count). The summed E-state index contributed by atoms with van der Waals surface area (Å²) >= 11 is 0. The first kappa shape index (κ1) is 33.0. The van der Waals surface area contributed by atoms with E-state index in [-0.39, 0.29) is 31.0 Å². The first-order valence-electron chi connectivity index (χ1n) is 13.3. The highest BCUT2D eigenvalue weighted by Crippen LogP contribution is 2.38. The van der Waals surface area contributed by atoms with Crippen molar-refractivity contribution < 1.29 is 36.1 Å². The molecule has 0 unspecified atom stereocenters. The number of benzene rings is 2. The van der Waals surface area contributed by atoms with Crippen LogP contribution in [0.4, 0.5) is 43.4 Å². The van der Waals surface area contributed by atoms with Crippen molar-refractivity contribution in [1.82, 2.24) is 9.80 Å². The van der Waals surface area contributed by atoms with Crippen LogP contribution in [-0.2, 0) is 17.1 Å². The molecule has 2 aromatic rings. The van der Waals surface area contributed by atoms with Gasteiger partial charge in [-0.15, -0.1) is 0 Å². The number of hydrogen-bond acceptors (Lipinski definition) is 6. The molecule has 232 valence electrons. The fraction of sp³-hybridized carbons (Fsp3) is 0.536. The Hall–Kier alpha value is -3.55. The Morgan fingerprint density at radius 2 is 1.55 bits per heavy atom. The number of nitro groups is 1. The normalized spacial score (nSPS) is 17.9. The lowest BCUT2D eigenvalue weighted by Gasteiger charge is -2.38. The third-order valence-corrected chi connectivity index (χ3v) is 7.56. The Labute approximate surface area is 240 Å². The van der Waals surface area contributed by atoms with Gasteiger partial charge in [0.1, 0.15) is 5.56 Å². The summed E-state index contributed by atoms with van der Waals surface area (Å²) in [6.07, 6.45) is -8.20. The zero-order valence-electron chi connectivity index (χ0n) is 22.3. The van der Waals surface area contributed by atoms with Gasteiger partial charge in [0.15, 0.2) is 0 Å². The van der Waals surface area contributed by atoms with Crippen LogP contribution in [0.2, 0.25) is 0 Å². The van der Waals surface area contributed by atoms with Crippen molar-refractivity contribution in [2.45, 2.75) is 45.6 Å². The van der Waals surface area contributed by atoms with Crippen LogP contribution in [0, 0.1) is 16.0 Å². The standard InChI is InChI=1S/C27H31F6N5O3.CH4/c1-18(17-35-12-14-36(15-13-35)22-5-2-19(3-6-22)26(28,29)30)25(39)37-10-8-20(9-11-37)34-21-4-7-24(38(40)41)23(16-21)27(31,32)33;/h2-7,16,18,20,34H,8-15,17H2,1H3;1H4/t18-;/m1./s1. The molecule has 0 spiro atoms. The molecule has 0 bridgehead atoms. The van der Waals surface area contributed by atoms with E-state index in [2.05, 4.69) is 10.2 Å². The van der Waals surface area contributed by atoms with Gasteiger partial charge >= 0.3 is 12.4 Å². The number of hydrogen-bond donors (Lipinski definition) is 1. The summed E-state index contributed by atoms with van der Waals surface area (Å²) in [6.45, 7) is 5.85. The van der Waals surface area contributed by atoms with E-state index in [1.807, 2.05) is 11.8 Å². The van der Waals surface area contributed by atoms with E-state index in [0.29, 0.717) is 58.7 Å². The van der Waals surface area contributed by atoms with Crippen LogP contribution < -0.4 is 10.2 Å². The van der Waals surface area contributed by atoms with E-state index in [4.69, 9.17) is 0 Å². The summed E-state index contributed by atoms with van der Waals surface area (Å²) in [4.78, 5) is 28.9. The maximum Gasteiger partial charge on any atom is 0.423 e. The predicted molar refractivity (Wildman–Crippen MR) is 147 cm³/mol. The van der Waals surface area contributed by atoms with E-state index in [9.17, 15) is 41.3 Å². The second kappa shape index (κ2) is 13.2. The van der Waals surface area contributed by atoms with Gasteiger partial charge in [0.2, 0.25) is 5.91 Å². The molecular formula is C28H35F6N5O3. The number of likely N-dealkylation sites (tertiary alicyclic amines) is 1. The molecule has 2 aliphatic heterocycles. The maximum atomic E-state index is 13.3. The highest BCUT2D eigenvalue weighted by atomic mass is 19.4. The van der Waals surface area contributed by atoms with Crippen molar-refractivity contribution in [1.29, 1.82) is 0 Å². The van der Waals surface area contributed by atoms with Gasteiger partial charge in [0.05, 0.1) is 10.5 Å². The predicted octanol–water partition coefficient (Wildman–Crippen LogP) is 6.13. The molecule has 2 saturated heterocycles. The van der Waals surface area contributed by atoms with E-state index >= 15 is 0 Å². The Balaban J connectivity index is 0.00000484. The molecule has 42 heavy (non-hydrogen) atoms. The Bertz CT molecular complexity index is 1220. The van der Waals surface area contributed by atoms with Gasteiger partial charge in [-0.05, 0) is 49.2 Å². The van der Waals surface area contributed by atoms with Crippen LogP contribution >= 0.6 is 0 Å². The van der Waals surface area contributed by atoms with Crippen molar-refractivity contribution in [3.63, 3.8) is 0 Å². The van der Waals surface area contributed by atoms with E-state index in [1.165, 1.54) is 18.2 Å². The fourth-order valence-corrected chi connectivity index (χ4v) is 5.32. The molecule has 0 aromatic heterocycles. The number of carbonyl (C=O) groups is 1. The van der Waals surface area contributed by atoms with Crippen molar-refractivity contribution in [3.8, 4) is 0 Å². The molecule has 1 N–H and O–H groups in total. The van der Waals surface area contributed by atoms with Gasteiger partial charge in [-0.25, -0.2) is 0 Å². The zero-order valence-corrected chi connectivity index (χ0v) is 22.3. The first-order chi connectivity index (χ1) is 19.2. The van der Waals surface area contributed by atoms with Crippen molar-refractivity contribution >= 4 is 23.0 Å². The summed E-state index contributed by atoms with van der Waals surface area (Å²) in [5, 5.41) is 14.0. The highest BCUT2D eigenvalue weighted by Gasteiger charge is 2.39. The topological polar surface area (TPSA) is 82.0 Å². The third-order valence-electron chi connectivity index (χ3n) is 7.56. The quantitative estimate of drug-likeness (QED) is 0.233. The molecule has 14 heteroatoms. The molecule has 2 aliphatic rings. The minimum absolute atomic E-state index is 0. The summed E-state index contributed by atoms with van der Waals surface area (Å²) in [5.41, 5.74) is -2.14. The second-order valence-electron chi connectivity index (χ2n) is 10.5. The average molecular weight is 604 g/mol. The number of nitrogens with one attached hydrogen (secondary N) is 1. The van der Waals surface area contributed by atoms with E-state index in [1.54, 1.807) is 4.90 Å². The minimum atomic E-state index is -4.86. The Morgan fingerprint density at radius 1 is 0.952 bits per heavy atom. The molecule has 2 aromatic carbocycles. The van der Waals surface area contributed by atoms with Crippen LogP contribution in [0.1, 0.15) is 38.3 Å². The molecule has 0 aliphatic carbocycles. The van der Waals surface area contributed by atoms with Crippen molar-refractivity contribution in [3.05, 3.63) is 63.7 Å². The summed E-state index contributed by atoms with van der Waals surface area (Å²) < 4.78 is 78.3. The second-order valence-corrected chi connectivity index (χ2v) is 10.5. The Kier molecular flexibility index (Phi) is 10.3. The molecular weight excluding hydrogens is 568 g/mol. The first-order valence-corrected chi connectivity index (χ1v) is 13.3. The van der Waals surface area contributed by atoms with Crippen molar-refractivity contribution in [2.75, 3.05) is 56.0 Å². The number of rotatable bonds is 7. The van der Waals surface area contributed by atoms with Gasteiger partial charge in [-0.2, -0.15) is 26.3 Å². The average Bonchev–Trinajstić information content (AvgIpc) is 2.92. The number of nitrogens with zero attached hydrogens (tertiary/aromatic N) is 4. The van der Waals surface area contributed by atoms with Gasteiger partial charge in [-0.3, -0.25) is 19.8 Å².